The zero-order valence-corrected chi connectivity index (χ0v) is 55.0. The van der Waals surface area contributed by atoms with Gasteiger partial charge in [0, 0.05) is 44.0 Å². The number of phenolic OH excluding ortho intramolecular Hbond substituents is 1. The molecule has 2 fully saturated rings. The second-order valence-electron chi connectivity index (χ2n) is 28.1. The average Bonchev–Trinajstić information content (AvgIpc) is 0.775. The summed E-state index contributed by atoms with van der Waals surface area (Å²) in [5.74, 6) is 2.36. The fourth-order valence-corrected chi connectivity index (χ4v) is 16.2. The summed E-state index contributed by atoms with van der Waals surface area (Å²) in [5.41, 5.74) is 22.5. The Kier molecular flexibility index (Phi) is 15.8. The summed E-state index contributed by atoms with van der Waals surface area (Å²) in [6.07, 6.45) is 12.0. The minimum Gasteiger partial charge on any atom is -0.505 e. The van der Waals surface area contributed by atoms with Gasteiger partial charge in [-0.2, -0.15) is 0 Å². The molecule has 0 unspecified atom stereocenters. The number of hydrogen-bond donors (Lipinski definition) is 1. The van der Waals surface area contributed by atoms with Crippen molar-refractivity contribution in [3.05, 3.63) is 246 Å². The van der Waals surface area contributed by atoms with Gasteiger partial charge in [0.25, 0.3) is 0 Å². The molecule has 0 atom stereocenters. The number of anilines is 6. The maximum absolute atomic E-state index is 13.4. The van der Waals surface area contributed by atoms with Gasteiger partial charge in [-0.1, -0.05) is 252 Å². The van der Waals surface area contributed by atoms with Crippen LogP contribution in [0.25, 0.3) is 87.6 Å². The first-order valence-corrected chi connectivity index (χ1v) is 34.5. The monoisotopic (exact) mass is 1200 g/mol. The number of hydrogen-bond acceptors (Lipinski definition) is 4. The number of fused-ring (bicyclic) bond motifs is 3. The van der Waals surface area contributed by atoms with E-state index in [1.807, 2.05) is 0 Å². The third-order valence-electron chi connectivity index (χ3n) is 21.0. The zero-order chi connectivity index (χ0) is 62.9. The van der Waals surface area contributed by atoms with E-state index in [0.29, 0.717) is 35.5 Å². The average molecular weight is 1200 g/mol. The van der Waals surface area contributed by atoms with Crippen LogP contribution in [0.4, 0.5) is 34.1 Å². The van der Waals surface area contributed by atoms with Crippen molar-refractivity contribution in [2.45, 2.75) is 155 Å². The van der Waals surface area contributed by atoms with E-state index in [9.17, 15) is 5.11 Å². The van der Waals surface area contributed by atoms with Gasteiger partial charge in [-0.05, 0) is 193 Å². The quantitative estimate of drug-likeness (QED) is 0.104. The first-order valence-electron chi connectivity index (χ1n) is 34.5. The van der Waals surface area contributed by atoms with Gasteiger partial charge < -0.3 is 19.3 Å². The van der Waals surface area contributed by atoms with Crippen molar-refractivity contribution in [1.29, 1.82) is 0 Å². The molecule has 4 nitrogen and oxygen atoms in total. The Morgan fingerprint density at radius 3 is 1.34 bits per heavy atom. The van der Waals surface area contributed by atoms with Crippen molar-refractivity contribution in [3.8, 4) is 39.1 Å². The molecule has 1 heterocycles. The Labute approximate surface area is 544 Å². The maximum Gasteiger partial charge on any atom is 0.159 e. The van der Waals surface area contributed by atoms with Gasteiger partial charge in [-0.3, -0.25) is 0 Å². The third kappa shape index (κ3) is 10.4. The lowest BCUT2D eigenvalue weighted by molar-refractivity contribution is 0.445. The molecule has 1 N–H and O–H groups in total. The molecule has 15 rings (SSSR count). The zero-order valence-electron chi connectivity index (χ0n) is 55.0. The van der Waals surface area contributed by atoms with Crippen LogP contribution in [-0.4, -0.2) is 5.11 Å². The minimum absolute atomic E-state index is 0.263. The van der Waals surface area contributed by atoms with Gasteiger partial charge in [0.2, 0.25) is 0 Å². The van der Waals surface area contributed by atoms with Crippen molar-refractivity contribution < 1.29 is 9.52 Å². The standard InChI is InChI=1S/C88H86N2O2/c1-54(2)60-29-20-33-64(50-60)89(80-43-23-39-69(86(80)91)63-32-19-31-62(49-63)68-37-17-15-35-66(68)56(5)6)82-52-78(58-25-11-9-12-26-58)71-46-48-77-83(53-79(59-27-13-10-14-28-59)72-45-47-76(82)84(71)85(72)77)90(65-34-21-30-61(51-65)55(3)4)81-44-24-42-75-74-41-22-40-73(87(74)92-88(75)81)70-38-18-16-36-67(70)57(7)8/h15-24,29-59,91H,9-14,25-28H2,1-8H3. The summed E-state index contributed by atoms with van der Waals surface area (Å²) in [5, 5.41) is 23.3. The van der Waals surface area contributed by atoms with E-state index >= 15 is 0 Å². The summed E-state index contributed by atoms with van der Waals surface area (Å²) in [6, 6.07) is 79.8. The molecule has 0 spiro atoms. The number of para-hydroxylation sites is 3. The summed E-state index contributed by atoms with van der Waals surface area (Å²) in [4.78, 5) is 4.99. The Morgan fingerprint density at radius 1 is 0.337 bits per heavy atom. The summed E-state index contributed by atoms with van der Waals surface area (Å²) < 4.78 is 7.53. The second-order valence-corrected chi connectivity index (χ2v) is 28.1. The second kappa shape index (κ2) is 24.5. The van der Waals surface area contributed by atoms with Crippen LogP contribution in [0.5, 0.6) is 5.75 Å². The molecule has 0 radical (unpaired) electrons. The molecular weight excluding hydrogens is 1120 g/mol. The molecule has 0 aliphatic heterocycles. The van der Waals surface area contributed by atoms with Crippen molar-refractivity contribution >= 4 is 88.4 Å². The van der Waals surface area contributed by atoms with E-state index in [0.717, 1.165) is 98.3 Å². The number of phenols is 1. The molecule has 13 aromatic rings. The fourth-order valence-electron chi connectivity index (χ4n) is 16.2. The van der Waals surface area contributed by atoms with E-state index in [1.54, 1.807) is 0 Å². The van der Waals surface area contributed by atoms with Crippen LogP contribution in [0, 0.1) is 0 Å². The van der Waals surface area contributed by atoms with E-state index in [1.165, 1.54) is 121 Å². The molecule has 4 heteroatoms. The summed E-state index contributed by atoms with van der Waals surface area (Å²) in [7, 11) is 0. The molecule has 1 aromatic heterocycles. The van der Waals surface area contributed by atoms with Crippen molar-refractivity contribution in [1.82, 2.24) is 0 Å². The van der Waals surface area contributed by atoms with Crippen LogP contribution >= 0.6 is 0 Å². The van der Waals surface area contributed by atoms with Crippen molar-refractivity contribution in [2.75, 3.05) is 9.80 Å². The van der Waals surface area contributed by atoms with Gasteiger partial charge in [-0.25, -0.2) is 0 Å². The predicted molar refractivity (Wildman–Crippen MR) is 393 cm³/mol. The number of nitrogens with zero attached hydrogens (tertiary/aromatic N) is 2. The van der Waals surface area contributed by atoms with Crippen LogP contribution in [-0.2, 0) is 0 Å². The number of rotatable bonds is 15. The molecule has 2 saturated carbocycles. The number of aromatic hydroxyl groups is 1. The van der Waals surface area contributed by atoms with Crippen LogP contribution in [0.1, 0.15) is 188 Å². The van der Waals surface area contributed by atoms with E-state index in [4.69, 9.17) is 4.42 Å². The molecular formula is C88H86N2O2. The van der Waals surface area contributed by atoms with E-state index in [2.05, 4.69) is 278 Å². The molecule has 460 valence electrons. The van der Waals surface area contributed by atoms with Gasteiger partial charge in [0.1, 0.15) is 11.3 Å². The lowest BCUT2D eigenvalue weighted by Gasteiger charge is -2.34. The smallest absolute Gasteiger partial charge is 0.159 e. The van der Waals surface area contributed by atoms with E-state index in [-0.39, 0.29) is 5.75 Å². The summed E-state index contributed by atoms with van der Waals surface area (Å²) >= 11 is 0. The summed E-state index contributed by atoms with van der Waals surface area (Å²) in [6.45, 7) is 18.3. The highest BCUT2D eigenvalue weighted by Crippen LogP contribution is 2.56. The molecule has 2 aliphatic carbocycles. The highest BCUT2D eigenvalue weighted by molar-refractivity contribution is 6.30. The first kappa shape index (κ1) is 59.2. The van der Waals surface area contributed by atoms with Gasteiger partial charge in [-0.15, -0.1) is 0 Å². The Bertz CT molecular complexity index is 4890. The highest BCUT2D eigenvalue weighted by Gasteiger charge is 2.32. The molecule has 2 aliphatic rings. The molecule has 92 heavy (non-hydrogen) atoms. The molecule has 0 amide bonds. The molecule has 0 saturated heterocycles. The van der Waals surface area contributed by atoms with Crippen molar-refractivity contribution in [3.63, 3.8) is 0 Å². The normalized spacial score (nSPS) is 14.4. The predicted octanol–water partition coefficient (Wildman–Crippen LogP) is 26.7. The van der Waals surface area contributed by atoms with Gasteiger partial charge >= 0.3 is 0 Å². The van der Waals surface area contributed by atoms with Gasteiger partial charge in [0.15, 0.2) is 5.58 Å². The lowest BCUT2D eigenvalue weighted by atomic mass is 9.77. The van der Waals surface area contributed by atoms with Crippen LogP contribution < -0.4 is 9.80 Å². The largest absolute Gasteiger partial charge is 0.505 e. The fraction of sp³-hybridized carbons (Fsp3) is 0.273. The van der Waals surface area contributed by atoms with Crippen LogP contribution in [0.2, 0.25) is 0 Å². The highest BCUT2D eigenvalue weighted by atomic mass is 16.3. The van der Waals surface area contributed by atoms with E-state index < -0.39 is 0 Å². The van der Waals surface area contributed by atoms with Crippen molar-refractivity contribution in [2.24, 2.45) is 0 Å². The Morgan fingerprint density at radius 2 is 0.772 bits per heavy atom. The molecule has 0 bridgehead atoms. The lowest BCUT2D eigenvalue weighted by Crippen LogP contribution is -2.15. The first-order chi connectivity index (χ1) is 44.9. The van der Waals surface area contributed by atoms with Crippen LogP contribution in [0.3, 0.4) is 0 Å². The van der Waals surface area contributed by atoms with Crippen LogP contribution in [0.15, 0.2) is 217 Å². The SMILES string of the molecule is CC(C)c1cccc(N(c2cccc(-c3cccc(-c4ccccc4C(C)C)c3)c2O)c2cc(C3CCCCC3)c3ccc4c(N(c5cccc(C(C)C)c5)c5cccc6c5oc5c(-c7ccccc7C(C)C)cccc56)cc(C5CCCCC5)c5ccc2c3c54)c1. The Balaban J connectivity index is 1.03. The maximum atomic E-state index is 13.4. The number of furan rings is 1. The topological polar surface area (TPSA) is 39.9 Å². The Hall–Kier alpha value is -9.12. The van der Waals surface area contributed by atoms with Gasteiger partial charge in [0.05, 0.1) is 22.7 Å². The third-order valence-corrected chi connectivity index (χ3v) is 21.0. The molecule has 12 aromatic carbocycles. The number of benzene rings is 12. The minimum atomic E-state index is 0.263.